The number of fused-ring (bicyclic) bond motifs is 1. The van der Waals surface area contributed by atoms with Gasteiger partial charge in [-0.05, 0) is 55.3 Å². The highest BCUT2D eigenvalue weighted by atomic mass is 32.1. The molecule has 2 heterocycles. The first kappa shape index (κ1) is 19.3. The van der Waals surface area contributed by atoms with Crippen molar-refractivity contribution < 1.29 is 9.59 Å². The molecule has 0 saturated carbocycles. The summed E-state index contributed by atoms with van der Waals surface area (Å²) in [5.74, 6) is -0.156. The van der Waals surface area contributed by atoms with Crippen LogP contribution in [0, 0.1) is 0 Å². The maximum Gasteiger partial charge on any atom is 0.253 e. The smallest absolute Gasteiger partial charge is 0.253 e. The summed E-state index contributed by atoms with van der Waals surface area (Å²) in [5.41, 5.74) is 2.26. The molecule has 1 aliphatic rings. The van der Waals surface area contributed by atoms with Crippen LogP contribution < -0.4 is 5.32 Å². The van der Waals surface area contributed by atoms with Gasteiger partial charge in [0.15, 0.2) is 0 Å². The number of likely N-dealkylation sites (tertiary alicyclic amines) is 1. The van der Waals surface area contributed by atoms with Crippen LogP contribution in [0.4, 0.5) is 5.69 Å². The van der Waals surface area contributed by atoms with Crippen molar-refractivity contribution in [1.82, 2.24) is 9.88 Å². The second-order valence-corrected chi connectivity index (χ2v) is 8.19. The number of anilines is 1. The second kappa shape index (κ2) is 9.01. The first-order valence-electron chi connectivity index (χ1n) is 9.93. The number of nitrogens with zero attached hydrogens (tertiary/aromatic N) is 2. The van der Waals surface area contributed by atoms with Crippen molar-refractivity contribution in [3.05, 3.63) is 65.2 Å². The highest BCUT2D eigenvalue weighted by Gasteiger charge is 2.17. The number of thiazole rings is 1. The largest absolute Gasteiger partial charge is 0.339 e. The van der Waals surface area contributed by atoms with Crippen LogP contribution in [-0.2, 0) is 4.79 Å². The van der Waals surface area contributed by atoms with Crippen LogP contribution in [0.15, 0.2) is 54.6 Å². The van der Waals surface area contributed by atoms with Gasteiger partial charge in [-0.15, -0.1) is 11.3 Å². The molecule has 29 heavy (non-hydrogen) atoms. The molecule has 0 aliphatic carbocycles. The fraction of sp³-hybridized carbons (Fsp3) is 0.261. The molecule has 6 heteroatoms. The summed E-state index contributed by atoms with van der Waals surface area (Å²) >= 11 is 1.55. The molecule has 3 aromatic rings. The SMILES string of the molecule is O=C(/C=C/c1nc2ccccc2s1)Nc1ccc(C(=O)N2CCCCCC2)cc1. The van der Waals surface area contributed by atoms with E-state index in [1.807, 2.05) is 29.2 Å². The first-order valence-corrected chi connectivity index (χ1v) is 10.7. The molecule has 0 spiro atoms. The van der Waals surface area contributed by atoms with Gasteiger partial charge in [0.25, 0.3) is 5.91 Å². The van der Waals surface area contributed by atoms with E-state index in [-0.39, 0.29) is 11.8 Å². The van der Waals surface area contributed by atoms with E-state index >= 15 is 0 Å². The standard InChI is InChI=1S/C23H23N3O2S/c27-21(13-14-22-25-19-7-3-4-8-20(19)29-22)24-18-11-9-17(10-12-18)23(28)26-15-5-1-2-6-16-26/h3-4,7-14H,1-2,5-6,15-16H2,(H,24,27)/b14-13+. The normalized spacial score (nSPS) is 14.8. The zero-order chi connectivity index (χ0) is 20.1. The lowest BCUT2D eigenvalue weighted by Gasteiger charge is -2.20. The Hall–Kier alpha value is -2.99. The molecule has 1 saturated heterocycles. The zero-order valence-corrected chi connectivity index (χ0v) is 17.0. The maximum atomic E-state index is 12.6. The van der Waals surface area contributed by atoms with Crippen LogP contribution in [0.1, 0.15) is 41.0 Å². The average Bonchev–Trinajstić information content (AvgIpc) is 2.96. The Morgan fingerprint density at radius 3 is 2.41 bits per heavy atom. The number of para-hydroxylation sites is 1. The molecule has 1 aromatic heterocycles. The number of rotatable bonds is 4. The Morgan fingerprint density at radius 2 is 1.69 bits per heavy atom. The fourth-order valence-corrected chi connectivity index (χ4v) is 4.31. The molecule has 1 N–H and O–H groups in total. The lowest BCUT2D eigenvalue weighted by molar-refractivity contribution is -0.111. The summed E-state index contributed by atoms with van der Waals surface area (Å²) in [5, 5.41) is 3.62. The third-order valence-corrected chi connectivity index (χ3v) is 5.98. The number of hydrogen-bond acceptors (Lipinski definition) is 4. The Labute approximate surface area is 174 Å². The fourth-order valence-electron chi connectivity index (χ4n) is 3.44. The minimum absolute atomic E-state index is 0.0699. The predicted molar refractivity (Wildman–Crippen MR) is 118 cm³/mol. The van der Waals surface area contributed by atoms with Gasteiger partial charge in [-0.25, -0.2) is 4.98 Å². The molecule has 148 valence electrons. The van der Waals surface area contributed by atoms with Crippen molar-refractivity contribution in [3.8, 4) is 0 Å². The molecule has 2 amide bonds. The number of benzene rings is 2. The van der Waals surface area contributed by atoms with Gasteiger partial charge < -0.3 is 10.2 Å². The molecule has 0 atom stereocenters. The van der Waals surface area contributed by atoms with Gasteiger partial charge in [0, 0.05) is 30.4 Å². The third kappa shape index (κ3) is 4.90. The second-order valence-electron chi connectivity index (χ2n) is 7.13. The number of hydrogen-bond donors (Lipinski definition) is 1. The van der Waals surface area contributed by atoms with Crippen LogP contribution in [0.3, 0.4) is 0 Å². The van der Waals surface area contributed by atoms with E-state index in [0.717, 1.165) is 41.2 Å². The number of nitrogens with one attached hydrogen (secondary N) is 1. The highest BCUT2D eigenvalue weighted by molar-refractivity contribution is 7.19. The lowest BCUT2D eigenvalue weighted by atomic mass is 10.1. The Bertz CT molecular complexity index is 999. The lowest BCUT2D eigenvalue weighted by Crippen LogP contribution is -2.31. The van der Waals surface area contributed by atoms with Gasteiger partial charge in [0.1, 0.15) is 5.01 Å². The van der Waals surface area contributed by atoms with Gasteiger partial charge in [-0.1, -0.05) is 25.0 Å². The summed E-state index contributed by atoms with van der Waals surface area (Å²) in [7, 11) is 0. The molecule has 1 fully saturated rings. The molecule has 0 unspecified atom stereocenters. The van der Waals surface area contributed by atoms with Gasteiger partial charge >= 0.3 is 0 Å². The quantitative estimate of drug-likeness (QED) is 0.624. The molecular formula is C23H23N3O2S. The first-order chi connectivity index (χ1) is 14.2. The monoisotopic (exact) mass is 405 g/mol. The van der Waals surface area contributed by atoms with Crippen molar-refractivity contribution in [2.45, 2.75) is 25.7 Å². The van der Waals surface area contributed by atoms with E-state index in [1.54, 1.807) is 41.7 Å². The van der Waals surface area contributed by atoms with E-state index < -0.39 is 0 Å². The van der Waals surface area contributed by atoms with E-state index in [2.05, 4.69) is 10.3 Å². The van der Waals surface area contributed by atoms with Crippen LogP contribution in [0.2, 0.25) is 0 Å². The summed E-state index contributed by atoms with van der Waals surface area (Å²) in [6, 6.07) is 15.0. The summed E-state index contributed by atoms with van der Waals surface area (Å²) in [6.45, 7) is 1.65. The van der Waals surface area contributed by atoms with Gasteiger partial charge in [-0.2, -0.15) is 0 Å². The van der Waals surface area contributed by atoms with Gasteiger partial charge in [0.2, 0.25) is 5.91 Å². The van der Waals surface area contributed by atoms with Crippen LogP contribution >= 0.6 is 11.3 Å². The van der Waals surface area contributed by atoms with E-state index in [9.17, 15) is 9.59 Å². The van der Waals surface area contributed by atoms with Crippen molar-refractivity contribution in [3.63, 3.8) is 0 Å². The third-order valence-electron chi connectivity index (χ3n) is 4.98. The Balaban J connectivity index is 1.36. The van der Waals surface area contributed by atoms with Crippen molar-refractivity contribution >= 4 is 45.1 Å². The van der Waals surface area contributed by atoms with Crippen LogP contribution in [0.5, 0.6) is 0 Å². The highest BCUT2D eigenvalue weighted by Crippen LogP contribution is 2.22. The van der Waals surface area contributed by atoms with Crippen molar-refractivity contribution in [1.29, 1.82) is 0 Å². The summed E-state index contributed by atoms with van der Waals surface area (Å²) < 4.78 is 1.09. The minimum Gasteiger partial charge on any atom is -0.339 e. The van der Waals surface area contributed by atoms with Crippen LogP contribution in [0.25, 0.3) is 16.3 Å². The average molecular weight is 406 g/mol. The minimum atomic E-state index is -0.226. The molecule has 0 radical (unpaired) electrons. The molecule has 2 aromatic carbocycles. The van der Waals surface area contributed by atoms with E-state index in [4.69, 9.17) is 0 Å². The number of carbonyl (C=O) groups is 2. The predicted octanol–water partition coefficient (Wildman–Crippen LogP) is 4.96. The van der Waals surface area contributed by atoms with Gasteiger partial charge in [-0.3, -0.25) is 9.59 Å². The Kier molecular flexibility index (Phi) is 6.00. The van der Waals surface area contributed by atoms with Crippen LogP contribution in [-0.4, -0.2) is 34.8 Å². The van der Waals surface area contributed by atoms with Gasteiger partial charge in [0.05, 0.1) is 10.2 Å². The van der Waals surface area contributed by atoms with Crippen molar-refractivity contribution in [2.24, 2.45) is 0 Å². The van der Waals surface area contributed by atoms with E-state index in [0.29, 0.717) is 11.3 Å². The number of amides is 2. The summed E-state index contributed by atoms with van der Waals surface area (Å²) in [4.78, 5) is 31.3. The molecule has 5 nitrogen and oxygen atoms in total. The number of carbonyl (C=O) groups excluding carboxylic acids is 2. The van der Waals surface area contributed by atoms with E-state index in [1.165, 1.54) is 18.9 Å². The Morgan fingerprint density at radius 1 is 0.966 bits per heavy atom. The number of aromatic nitrogens is 1. The van der Waals surface area contributed by atoms with Crippen molar-refractivity contribution in [2.75, 3.05) is 18.4 Å². The summed E-state index contributed by atoms with van der Waals surface area (Å²) in [6.07, 6.45) is 7.73. The molecular weight excluding hydrogens is 382 g/mol. The molecule has 0 bridgehead atoms. The zero-order valence-electron chi connectivity index (χ0n) is 16.1. The maximum absolute atomic E-state index is 12.6. The molecule has 1 aliphatic heterocycles. The molecule has 4 rings (SSSR count). The topological polar surface area (TPSA) is 62.3 Å².